The third-order valence-electron chi connectivity index (χ3n) is 4.55. The summed E-state index contributed by atoms with van der Waals surface area (Å²) in [5.74, 6) is 1.77. The fourth-order valence-corrected chi connectivity index (χ4v) is 4.76. The first-order valence-electron chi connectivity index (χ1n) is 9.72. The largest absolute Gasteiger partial charge is 0.489 e. The van der Waals surface area contributed by atoms with Gasteiger partial charge in [0.1, 0.15) is 18.6 Å². The molecule has 0 spiro atoms. The van der Waals surface area contributed by atoms with Crippen LogP contribution in [0.15, 0.2) is 93.1 Å². The number of thiazole rings is 1. The van der Waals surface area contributed by atoms with Gasteiger partial charge in [0.25, 0.3) is 0 Å². The van der Waals surface area contributed by atoms with Gasteiger partial charge in [-0.1, -0.05) is 30.3 Å². The van der Waals surface area contributed by atoms with Crippen molar-refractivity contribution in [2.75, 3.05) is 0 Å². The zero-order chi connectivity index (χ0) is 22.6. The number of benzene rings is 2. The van der Waals surface area contributed by atoms with Crippen molar-refractivity contribution < 1.29 is 14.1 Å². The van der Waals surface area contributed by atoms with Crippen molar-refractivity contribution in [1.29, 1.82) is 0 Å². The lowest BCUT2D eigenvalue weighted by molar-refractivity contribution is -0.380. The van der Waals surface area contributed by atoms with Crippen molar-refractivity contribution in [3.63, 3.8) is 0 Å². The van der Waals surface area contributed by atoms with Crippen molar-refractivity contribution in [2.24, 2.45) is 0 Å². The Morgan fingerprint density at radius 3 is 2.58 bits per heavy atom. The number of furan rings is 1. The molecule has 5 aromatic rings. The molecular weight excluding hydrogens is 462 g/mol. The maximum Gasteiger partial charge on any atom is 0.344 e. The Bertz CT molecular complexity index is 1370. The molecule has 0 radical (unpaired) electrons. The zero-order valence-electron chi connectivity index (χ0n) is 16.9. The van der Waals surface area contributed by atoms with Crippen molar-refractivity contribution in [1.82, 2.24) is 19.7 Å². The minimum Gasteiger partial charge on any atom is -0.489 e. The van der Waals surface area contributed by atoms with Gasteiger partial charge in [0.15, 0.2) is 10.1 Å². The molecule has 3 heterocycles. The van der Waals surface area contributed by atoms with Crippen molar-refractivity contribution in [2.45, 2.75) is 16.1 Å². The number of nitrogens with zero attached hydrogens (tertiary/aromatic N) is 5. The highest BCUT2D eigenvalue weighted by Crippen LogP contribution is 2.36. The highest BCUT2D eigenvalue weighted by atomic mass is 32.2. The SMILES string of the molecule is O=[N+]([O-])c1cnc(Sc2nnc(-c3ccco3)n2-c2ccc(OCc3ccccc3)cc2)s1. The van der Waals surface area contributed by atoms with Crippen LogP contribution in [0.5, 0.6) is 5.75 Å². The Morgan fingerprint density at radius 1 is 1.06 bits per heavy atom. The summed E-state index contributed by atoms with van der Waals surface area (Å²) >= 11 is 2.18. The van der Waals surface area contributed by atoms with Gasteiger partial charge in [0, 0.05) is 0 Å². The quantitative estimate of drug-likeness (QED) is 0.209. The number of aromatic nitrogens is 4. The molecule has 5 rings (SSSR count). The van der Waals surface area contributed by atoms with E-state index in [0.29, 0.717) is 27.7 Å². The first kappa shape index (κ1) is 20.9. The highest BCUT2D eigenvalue weighted by Gasteiger charge is 2.21. The van der Waals surface area contributed by atoms with E-state index < -0.39 is 4.92 Å². The summed E-state index contributed by atoms with van der Waals surface area (Å²) in [6.45, 7) is 0.467. The van der Waals surface area contributed by atoms with Gasteiger partial charge in [-0.15, -0.1) is 10.2 Å². The van der Waals surface area contributed by atoms with Crippen LogP contribution < -0.4 is 4.74 Å². The molecule has 11 heteroatoms. The molecule has 3 aromatic heterocycles. The average Bonchev–Trinajstić information content (AvgIpc) is 3.60. The zero-order valence-corrected chi connectivity index (χ0v) is 18.5. The van der Waals surface area contributed by atoms with Gasteiger partial charge >= 0.3 is 5.00 Å². The molecular formula is C22H15N5O4S2. The Hall–Kier alpha value is -3.96. The summed E-state index contributed by atoms with van der Waals surface area (Å²) in [6.07, 6.45) is 2.80. The van der Waals surface area contributed by atoms with Crippen LogP contribution in [-0.4, -0.2) is 24.7 Å². The van der Waals surface area contributed by atoms with Gasteiger partial charge in [-0.05, 0) is 65.1 Å². The second-order valence-corrected chi connectivity index (χ2v) is 8.93. The van der Waals surface area contributed by atoms with E-state index in [-0.39, 0.29) is 5.00 Å². The molecule has 0 N–H and O–H groups in total. The van der Waals surface area contributed by atoms with Gasteiger partial charge in [-0.2, -0.15) is 0 Å². The van der Waals surface area contributed by atoms with E-state index in [0.717, 1.165) is 28.3 Å². The van der Waals surface area contributed by atoms with E-state index in [1.807, 2.05) is 59.2 Å². The van der Waals surface area contributed by atoms with Gasteiger partial charge in [0.05, 0.1) is 16.9 Å². The molecule has 0 saturated carbocycles. The fraction of sp³-hybridized carbons (Fsp3) is 0.0455. The van der Waals surface area contributed by atoms with Crippen LogP contribution in [0.4, 0.5) is 5.00 Å². The maximum absolute atomic E-state index is 11.0. The highest BCUT2D eigenvalue weighted by molar-refractivity contribution is 8.01. The normalized spacial score (nSPS) is 10.9. The second kappa shape index (κ2) is 9.27. The summed E-state index contributed by atoms with van der Waals surface area (Å²) in [7, 11) is 0. The van der Waals surface area contributed by atoms with E-state index in [1.165, 1.54) is 18.0 Å². The lowest BCUT2D eigenvalue weighted by Gasteiger charge is -2.10. The summed E-state index contributed by atoms with van der Waals surface area (Å²) in [4.78, 5) is 14.7. The van der Waals surface area contributed by atoms with E-state index in [9.17, 15) is 10.1 Å². The monoisotopic (exact) mass is 477 g/mol. The summed E-state index contributed by atoms with van der Waals surface area (Å²) < 4.78 is 13.7. The van der Waals surface area contributed by atoms with E-state index in [4.69, 9.17) is 9.15 Å². The van der Waals surface area contributed by atoms with Crippen LogP contribution in [0.25, 0.3) is 17.3 Å². The van der Waals surface area contributed by atoms with Crippen molar-refractivity contribution >= 4 is 28.1 Å². The van der Waals surface area contributed by atoms with E-state index in [1.54, 1.807) is 18.4 Å². The van der Waals surface area contributed by atoms with Gasteiger partial charge < -0.3 is 9.15 Å². The van der Waals surface area contributed by atoms with Gasteiger partial charge in [-0.25, -0.2) is 4.98 Å². The first-order chi connectivity index (χ1) is 16.2. The maximum atomic E-state index is 11.0. The molecule has 2 aromatic carbocycles. The predicted molar refractivity (Wildman–Crippen MR) is 123 cm³/mol. The van der Waals surface area contributed by atoms with Crippen LogP contribution in [0.2, 0.25) is 0 Å². The molecule has 0 atom stereocenters. The van der Waals surface area contributed by atoms with Crippen LogP contribution in [0.3, 0.4) is 0 Å². The van der Waals surface area contributed by atoms with Gasteiger partial charge in [0.2, 0.25) is 11.0 Å². The van der Waals surface area contributed by atoms with E-state index in [2.05, 4.69) is 15.2 Å². The molecule has 164 valence electrons. The number of nitro groups is 1. The van der Waals surface area contributed by atoms with E-state index >= 15 is 0 Å². The minimum atomic E-state index is -0.463. The summed E-state index contributed by atoms with van der Waals surface area (Å²) in [6, 6.07) is 21.0. The minimum absolute atomic E-state index is 0.0326. The predicted octanol–water partition coefficient (Wildman–Crippen LogP) is 5.62. The Morgan fingerprint density at radius 2 is 1.88 bits per heavy atom. The first-order valence-corrected chi connectivity index (χ1v) is 11.4. The van der Waals surface area contributed by atoms with Crippen LogP contribution in [0.1, 0.15) is 5.56 Å². The fourth-order valence-electron chi connectivity index (χ4n) is 3.03. The third kappa shape index (κ3) is 4.64. The lowest BCUT2D eigenvalue weighted by atomic mass is 10.2. The summed E-state index contributed by atoms with van der Waals surface area (Å²) in [5, 5.41) is 20.0. The molecule has 0 unspecified atom stereocenters. The molecule has 0 bridgehead atoms. The smallest absolute Gasteiger partial charge is 0.344 e. The molecule has 0 aliphatic carbocycles. The Balaban J connectivity index is 1.44. The molecule has 0 aliphatic rings. The molecule has 0 amide bonds. The lowest BCUT2D eigenvalue weighted by Crippen LogP contribution is -2.00. The second-order valence-electron chi connectivity index (χ2n) is 6.71. The topological polar surface area (TPSA) is 109 Å². The van der Waals surface area contributed by atoms with Gasteiger partial charge in [-0.3, -0.25) is 14.7 Å². The number of ether oxygens (including phenoxy) is 1. The average molecular weight is 478 g/mol. The molecule has 0 saturated heterocycles. The Labute approximate surface area is 195 Å². The standard InChI is InChI=1S/C22H15N5O4S2/c28-27(29)19-13-23-22(32-19)33-21-25-24-20(18-7-4-12-30-18)26(21)16-8-10-17(11-9-16)31-14-15-5-2-1-3-6-15/h1-13H,14H2. The van der Waals surface area contributed by atoms with Crippen LogP contribution in [0, 0.1) is 10.1 Å². The number of hydrogen-bond donors (Lipinski definition) is 0. The van der Waals surface area contributed by atoms with Crippen LogP contribution in [-0.2, 0) is 6.61 Å². The number of rotatable bonds is 8. The van der Waals surface area contributed by atoms with Crippen LogP contribution >= 0.6 is 23.1 Å². The van der Waals surface area contributed by atoms with Crippen molar-refractivity contribution in [3.8, 4) is 23.0 Å². The third-order valence-corrected chi connectivity index (χ3v) is 6.52. The Kier molecular flexibility index (Phi) is 5.87. The number of hydrogen-bond acceptors (Lipinski definition) is 9. The molecule has 0 fully saturated rings. The summed E-state index contributed by atoms with van der Waals surface area (Å²) in [5.41, 5.74) is 1.86. The van der Waals surface area contributed by atoms with Crippen molar-refractivity contribution in [3.05, 3.63) is 94.9 Å². The molecule has 33 heavy (non-hydrogen) atoms. The molecule has 0 aliphatic heterocycles. The molecule has 9 nitrogen and oxygen atoms in total.